The minimum Gasteiger partial charge on any atom is -0.481 e. The molecule has 7 heteroatoms. The van der Waals surface area contributed by atoms with Gasteiger partial charge in [-0.15, -0.1) is 0 Å². The van der Waals surface area contributed by atoms with Crippen molar-refractivity contribution in [1.82, 2.24) is 9.99 Å². The van der Waals surface area contributed by atoms with Crippen LogP contribution in [0.4, 0.5) is 0 Å². The van der Waals surface area contributed by atoms with Gasteiger partial charge in [-0.05, 0) is 43.7 Å². The number of pyridine rings is 1. The first kappa shape index (κ1) is 20.5. The third kappa shape index (κ3) is 5.16. The largest absolute Gasteiger partial charge is 0.481 e. The lowest BCUT2D eigenvalue weighted by molar-refractivity contribution is -0.137. The zero-order chi connectivity index (χ0) is 19.9. The second-order valence-electron chi connectivity index (χ2n) is 7.71. The van der Waals surface area contributed by atoms with Crippen molar-refractivity contribution in [2.24, 2.45) is 16.9 Å². The van der Waals surface area contributed by atoms with E-state index in [9.17, 15) is 9.59 Å². The van der Waals surface area contributed by atoms with Crippen LogP contribution in [0, 0.1) is 11.8 Å². The lowest BCUT2D eigenvalue weighted by Gasteiger charge is -2.25. The number of aliphatic carboxylic acids is 1. The molecule has 0 spiro atoms. The monoisotopic (exact) mass is 387 g/mol. The van der Waals surface area contributed by atoms with Crippen LogP contribution in [0.25, 0.3) is 0 Å². The minimum absolute atomic E-state index is 0.177. The number of carbonyl (C=O) groups excluding carboxylic acids is 1. The number of nitrogens with zero attached hydrogens (tertiary/aromatic N) is 3. The maximum absolute atomic E-state index is 12.4. The fraction of sp³-hybridized carbons (Fsp3) is 0.619. The number of amides is 1. The SMILES string of the molecule is CN(/N=C/C1C2CCC(O2)C1CCCCCCC(=O)O)C(=O)c1cccnc1. The van der Waals surface area contributed by atoms with Crippen molar-refractivity contribution in [2.45, 2.75) is 63.6 Å². The number of unbranched alkanes of at least 4 members (excludes halogenated alkanes) is 3. The maximum Gasteiger partial charge on any atom is 0.303 e. The Kier molecular flexibility index (Phi) is 7.14. The number of carboxylic acid groups (broad SMARTS) is 1. The number of hydrogen-bond acceptors (Lipinski definition) is 5. The average molecular weight is 387 g/mol. The lowest BCUT2D eigenvalue weighted by atomic mass is 9.77. The third-order valence-corrected chi connectivity index (χ3v) is 5.78. The van der Waals surface area contributed by atoms with Crippen LogP contribution in [0.1, 0.15) is 61.7 Å². The summed E-state index contributed by atoms with van der Waals surface area (Å²) in [5, 5.41) is 14.5. The molecular formula is C21H29N3O4. The van der Waals surface area contributed by atoms with E-state index in [-0.39, 0.29) is 24.3 Å². The fourth-order valence-electron chi connectivity index (χ4n) is 4.31. The smallest absolute Gasteiger partial charge is 0.303 e. The van der Waals surface area contributed by atoms with Crippen molar-refractivity contribution in [3.8, 4) is 0 Å². The molecule has 1 aromatic rings. The predicted molar refractivity (Wildman–Crippen MR) is 105 cm³/mol. The molecule has 7 nitrogen and oxygen atoms in total. The summed E-state index contributed by atoms with van der Waals surface area (Å²) < 4.78 is 6.10. The molecule has 4 atom stereocenters. The number of ether oxygens (including phenoxy) is 1. The first-order valence-corrected chi connectivity index (χ1v) is 10.2. The van der Waals surface area contributed by atoms with Gasteiger partial charge >= 0.3 is 5.97 Å². The zero-order valence-corrected chi connectivity index (χ0v) is 16.4. The summed E-state index contributed by atoms with van der Waals surface area (Å²) in [5.74, 6) is -0.225. The molecule has 0 aliphatic carbocycles. The number of hydrogen-bond donors (Lipinski definition) is 1. The Labute approximate surface area is 165 Å². The fourth-order valence-corrected chi connectivity index (χ4v) is 4.31. The molecule has 2 fully saturated rings. The molecule has 2 bridgehead atoms. The van der Waals surface area contributed by atoms with Crippen LogP contribution in [0.15, 0.2) is 29.6 Å². The van der Waals surface area contributed by atoms with E-state index in [1.165, 1.54) is 5.01 Å². The summed E-state index contributed by atoms with van der Waals surface area (Å²) in [4.78, 5) is 27.0. The summed E-state index contributed by atoms with van der Waals surface area (Å²) in [5.41, 5.74) is 0.518. The molecule has 1 N–H and O–H groups in total. The number of aromatic nitrogens is 1. The van der Waals surface area contributed by atoms with Gasteiger partial charge in [0.15, 0.2) is 0 Å². The van der Waals surface area contributed by atoms with Gasteiger partial charge in [0, 0.05) is 38.0 Å². The van der Waals surface area contributed by atoms with Crippen LogP contribution in [-0.4, -0.2) is 52.4 Å². The summed E-state index contributed by atoms with van der Waals surface area (Å²) >= 11 is 0. The van der Waals surface area contributed by atoms with Crippen molar-refractivity contribution in [1.29, 1.82) is 0 Å². The maximum atomic E-state index is 12.4. The lowest BCUT2D eigenvalue weighted by Crippen LogP contribution is -2.30. The Morgan fingerprint density at radius 2 is 2.07 bits per heavy atom. The molecule has 28 heavy (non-hydrogen) atoms. The standard InChI is InChI=1S/C21H29N3O4/c1-24(21(27)15-7-6-12-22-13-15)23-14-17-16(18-10-11-19(17)28-18)8-4-2-3-5-9-20(25)26/h6-7,12-14,16-19H,2-5,8-11H2,1H3,(H,25,26)/b23-14+. The van der Waals surface area contributed by atoms with Gasteiger partial charge in [-0.25, -0.2) is 5.01 Å². The van der Waals surface area contributed by atoms with Gasteiger partial charge in [0.05, 0.1) is 17.8 Å². The Morgan fingerprint density at radius 3 is 2.82 bits per heavy atom. The number of hydrazone groups is 1. The number of carbonyl (C=O) groups is 2. The van der Waals surface area contributed by atoms with Gasteiger partial charge in [-0.1, -0.05) is 19.3 Å². The summed E-state index contributed by atoms with van der Waals surface area (Å²) in [7, 11) is 1.66. The molecule has 152 valence electrons. The van der Waals surface area contributed by atoms with E-state index >= 15 is 0 Å². The van der Waals surface area contributed by atoms with Gasteiger partial charge < -0.3 is 9.84 Å². The van der Waals surface area contributed by atoms with Gasteiger partial charge in [-0.2, -0.15) is 5.10 Å². The van der Waals surface area contributed by atoms with E-state index in [0.29, 0.717) is 17.6 Å². The first-order valence-electron chi connectivity index (χ1n) is 10.2. The van der Waals surface area contributed by atoms with Crippen molar-refractivity contribution in [3.63, 3.8) is 0 Å². The van der Waals surface area contributed by atoms with E-state index in [2.05, 4.69) is 10.1 Å². The Morgan fingerprint density at radius 1 is 1.29 bits per heavy atom. The molecule has 4 unspecified atom stereocenters. The quantitative estimate of drug-likeness (QED) is 0.378. The number of rotatable bonds is 10. The Balaban J connectivity index is 1.50. The molecule has 3 rings (SSSR count). The molecule has 2 aliphatic rings. The summed E-state index contributed by atoms with van der Waals surface area (Å²) in [6.07, 6.45) is 12.9. The predicted octanol–water partition coefficient (Wildman–Crippen LogP) is 3.36. The Hall–Kier alpha value is -2.28. The van der Waals surface area contributed by atoms with Gasteiger partial charge in [0.25, 0.3) is 5.91 Å². The number of carboxylic acids is 1. The second-order valence-corrected chi connectivity index (χ2v) is 7.71. The van der Waals surface area contributed by atoms with Crippen molar-refractivity contribution in [2.75, 3.05) is 7.05 Å². The van der Waals surface area contributed by atoms with Gasteiger partial charge in [-0.3, -0.25) is 14.6 Å². The highest BCUT2D eigenvalue weighted by atomic mass is 16.5. The van der Waals surface area contributed by atoms with Crippen LogP contribution in [0.3, 0.4) is 0 Å². The molecular weight excluding hydrogens is 358 g/mol. The highest BCUT2D eigenvalue weighted by Crippen LogP contribution is 2.44. The molecule has 2 aliphatic heterocycles. The normalized spacial score (nSPS) is 26.0. The highest BCUT2D eigenvalue weighted by Gasteiger charge is 2.47. The molecule has 3 heterocycles. The van der Waals surface area contributed by atoms with E-state index in [1.807, 2.05) is 6.21 Å². The zero-order valence-electron chi connectivity index (χ0n) is 16.4. The highest BCUT2D eigenvalue weighted by molar-refractivity contribution is 5.93. The number of fused-ring (bicyclic) bond motifs is 2. The Bertz CT molecular complexity index is 694. The van der Waals surface area contributed by atoms with E-state index in [0.717, 1.165) is 44.9 Å². The summed E-state index contributed by atoms with van der Waals surface area (Å²) in [6.45, 7) is 0. The molecule has 1 aromatic heterocycles. The van der Waals surface area contributed by atoms with Crippen LogP contribution in [0.2, 0.25) is 0 Å². The van der Waals surface area contributed by atoms with Crippen molar-refractivity contribution >= 4 is 18.1 Å². The van der Waals surface area contributed by atoms with Crippen LogP contribution in [0.5, 0.6) is 0 Å². The molecule has 1 amide bonds. The summed E-state index contributed by atoms with van der Waals surface area (Å²) in [6, 6.07) is 3.47. The van der Waals surface area contributed by atoms with Crippen molar-refractivity contribution < 1.29 is 19.4 Å². The topological polar surface area (TPSA) is 92.1 Å². The van der Waals surface area contributed by atoms with Crippen LogP contribution >= 0.6 is 0 Å². The third-order valence-electron chi connectivity index (χ3n) is 5.78. The molecule has 0 radical (unpaired) electrons. The van der Waals surface area contributed by atoms with Gasteiger partial charge in [0.2, 0.25) is 0 Å². The van der Waals surface area contributed by atoms with E-state index in [1.54, 1.807) is 31.6 Å². The van der Waals surface area contributed by atoms with E-state index in [4.69, 9.17) is 9.84 Å². The minimum atomic E-state index is -0.720. The second kappa shape index (κ2) is 9.78. The van der Waals surface area contributed by atoms with E-state index < -0.39 is 5.97 Å². The molecule has 0 aromatic carbocycles. The first-order chi connectivity index (χ1) is 13.6. The molecule has 2 saturated heterocycles. The van der Waals surface area contributed by atoms with Gasteiger partial charge in [0.1, 0.15) is 0 Å². The average Bonchev–Trinajstić information content (AvgIpc) is 3.30. The molecule has 0 saturated carbocycles. The van der Waals surface area contributed by atoms with Crippen LogP contribution in [-0.2, 0) is 9.53 Å². The van der Waals surface area contributed by atoms with Crippen molar-refractivity contribution in [3.05, 3.63) is 30.1 Å². The van der Waals surface area contributed by atoms with Crippen LogP contribution < -0.4 is 0 Å².